The van der Waals surface area contributed by atoms with Gasteiger partial charge in [0.15, 0.2) is 0 Å². The first-order chi connectivity index (χ1) is 12.2. The molecule has 0 aliphatic heterocycles. The number of hydrogen-bond acceptors (Lipinski definition) is 4. The average molecular weight is 352 g/mol. The highest BCUT2D eigenvalue weighted by molar-refractivity contribution is 6.30. The Morgan fingerprint density at radius 3 is 2.80 bits per heavy atom. The van der Waals surface area contributed by atoms with E-state index in [-0.39, 0.29) is 5.75 Å². The van der Waals surface area contributed by atoms with Crippen molar-refractivity contribution < 1.29 is 9.84 Å². The Bertz CT molecular complexity index is 1080. The largest absolute Gasteiger partial charge is 0.507 e. The van der Waals surface area contributed by atoms with E-state index in [9.17, 15) is 5.11 Å². The van der Waals surface area contributed by atoms with Gasteiger partial charge < -0.3 is 9.84 Å². The predicted molar refractivity (Wildman–Crippen MR) is 97.1 cm³/mol. The zero-order valence-electron chi connectivity index (χ0n) is 13.3. The Morgan fingerprint density at radius 1 is 1.08 bits per heavy atom. The molecule has 0 saturated carbocycles. The lowest BCUT2D eigenvalue weighted by atomic mass is 10.2. The fraction of sp³-hybridized carbons (Fsp3) is 0.0526. The lowest BCUT2D eigenvalue weighted by molar-refractivity contribution is 0.414. The molecule has 4 rings (SSSR count). The minimum absolute atomic E-state index is 0.111. The molecule has 1 N–H and O–H groups in total. The summed E-state index contributed by atoms with van der Waals surface area (Å²) in [6.45, 7) is 0. The number of imidazole rings is 1. The number of halogens is 1. The maximum absolute atomic E-state index is 10.3. The molecule has 4 aromatic rings. The number of ether oxygens (including phenoxy) is 1. The maximum atomic E-state index is 10.3. The van der Waals surface area contributed by atoms with Gasteiger partial charge in [0.25, 0.3) is 0 Å². The van der Waals surface area contributed by atoms with E-state index < -0.39 is 0 Å². The molecule has 3 heterocycles. The van der Waals surface area contributed by atoms with Gasteiger partial charge in [-0.1, -0.05) is 17.7 Å². The summed E-state index contributed by atoms with van der Waals surface area (Å²) in [5.74, 6) is 1.33. The lowest BCUT2D eigenvalue weighted by Crippen LogP contribution is -1.91. The average Bonchev–Trinajstić information content (AvgIpc) is 3.03. The van der Waals surface area contributed by atoms with Crippen LogP contribution >= 0.6 is 11.6 Å². The van der Waals surface area contributed by atoms with Gasteiger partial charge in [0, 0.05) is 17.4 Å². The van der Waals surface area contributed by atoms with Crippen LogP contribution in [0, 0.1) is 0 Å². The van der Waals surface area contributed by atoms with Crippen LogP contribution in [-0.2, 0) is 0 Å². The smallest absolute Gasteiger partial charge is 0.149 e. The van der Waals surface area contributed by atoms with Crippen molar-refractivity contribution in [3.05, 3.63) is 65.9 Å². The van der Waals surface area contributed by atoms with Gasteiger partial charge in [0.05, 0.1) is 18.2 Å². The third-order valence-electron chi connectivity index (χ3n) is 3.96. The van der Waals surface area contributed by atoms with Gasteiger partial charge in [-0.3, -0.25) is 9.38 Å². The van der Waals surface area contributed by atoms with E-state index in [0.29, 0.717) is 33.5 Å². The van der Waals surface area contributed by atoms with E-state index in [2.05, 4.69) is 4.98 Å². The normalized spacial score (nSPS) is 11.0. The number of fused-ring (bicyclic) bond motifs is 1. The van der Waals surface area contributed by atoms with Gasteiger partial charge in [0.2, 0.25) is 0 Å². The van der Waals surface area contributed by atoms with Crippen molar-refractivity contribution in [2.24, 2.45) is 0 Å². The molecule has 0 radical (unpaired) electrons. The van der Waals surface area contributed by atoms with Crippen molar-refractivity contribution >= 4 is 17.1 Å². The Kier molecular flexibility index (Phi) is 3.78. The Morgan fingerprint density at radius 2 is 1.96 bits per heavy atom. The molecule has 0 saturated heterocycles. The number of aromatic hydroxyl groups is 1. The number of phenolic OH excluding ortho intramolecular Hbond substituents is 1. The van der Waals surface area contributed by atoms with E-state index in [1.165, 1.54) is 0 Å². The van der Waals surface area contributed by atoms with E-state index in [1.54, 1.807) is 31.5 Å². The summed E-state index contributed by atoms with van der Waals surface area (Å²) < 4.78 is 7.32. The molecule has 124 valence electrons. The van der Waals surface area contributed by atoms with Crippen LogP contribution in [0.5, 0.6) is 11.5 Å². The van der Waals surface area contributed by atoms with Crippen molar-refractivity contribution in [1.29, 1.82) is 0 Å². The molecular formula is C19H14ClN3O2. The summed E-state index contributed by atoms with van der Waals surface area (Å²) in [7, 11) is 1.60. The summed E-state index contributed by atoms with van der Waals surface area (Å²) in [5.41, 5.74) is 2.72. The number of aromatic nitrogens is 3. The van der Waals surface area contributed by atoms with E-state index in [4.69, 9.17) is 21.3 Å². The molecule has 0 fully saturated rings. The first-order valence-corrected chi connectivity index (χ1v) is 8.02. The molecule has 0 amide bonds. The van der Waals surface area contributed by atoms with Crippen molar-refractivity contribution in [2.75, 3.05) is 7.11 Å². The number of phenols is 1. The minimum Gasteiger partial charge on any atom is -0.507 e. The van der Waals surface area contributed by atoms with Crippen LogP contribution in [0.4, 0.5) is 0 Å². The Hall–Kier alpha value is -3.05. The first kappa shape index (κ1) is 15.5. The fourth-order valence-corrected chi connectivity index (χ4v) is 2.99. The quantitative estimate of drug-likeness (QED) is 0.593. The molecule has 0 bridgehead atoms. The monoisotopic (exact) mass is 351 g/mol. The zero-order valence-corrected chi connectivity index (χ0v) is 14.1. The van der Waals surface area contributed by atoms with Crippen molar-refractivity contribution in [1.82, 2.24) is 14.4 Å². The highest BCUT2D eigenvalue weighted by Crippen LogP contribution is 2.36. The highest BCUT2D eigenvalue weighted by Gasteiger charge is 2.19. The summed E-state index contributed by atoms with van der Waals surface area (Å²) >= 11 is 6.11. The molecule has 0 atom stereocenters. The van der Waals surface area contributed by atoms with Crippen LogP contribution in [0.3, 0.4) is 0 Å². The summed E-state index contributed by atoms with van der Waals surface area (Å²) in [4.78, 5) is 9.17. The van der Waals surface area contributed by atoms with Gasteiger partial charge in [-0.2, -0.15) is 0 Å². The third-order valence-corrected chi connectivity index (χ3v) is 4.20. The minimum atomic E-state index is 0.111. The van der Waals surface area contributed by atoms with Crippen molar-refractivity contribution in [3.8, 4) is 34.3 Å². The standard InChI is InChI=1S/C19H14ClN3O2/c1-25-16-6-4-9-21-18(16)17-14-5-2-3-10-23(14)19(22-17)13-11-12(20)7-8-15(13)24/h2-11,24H,1H3. The molecular weight excluding hydrogens is 338 g/mol. The number of pyridine rings is 2. The molecule has 0 spiro atoms. The Balaban J connectivity index is 2.04. The van der Waals surface area contributed by atoms with Crippen LogP contribution in [0.2, 0.25) is 5.02 Å². The molecule has 0 aliphatic rings. The van der Waals surface area contributed by atoms with E-state index in [0.717, 1.165) is 5.52 Å². The Labute approximate surface area is 149 Å². The second kappa shape index (κ2) is 6.11. The summed E-state index contributed by atoms with van der Waals surface area (Å²) in [6.07, 6.45) is 3.58. The van der Waals surface area contributed by atoms with Crippen LogP contribution in [-0.4, -0.2) is 26.6 Å². The highest BCUT2D eigenvalue weighted by atomic mass is 35.5. The maximum Gasteiger partial charge on any atom is 0.149 e. The SMILES string of the molecule is COc1cccnc1-c1nc(-c2cc(Cl)ccc2O)n2ccccc12. The predicted octanol–water partition coefficient (Wildman–Crippen LogP) is 4.43. The molecule has 3 aromatic heterocycles. The number of hydrogen-bond donors (Lipinski definition) is 1. The fourth-order valence-electron chi connectivity index (χ4n) is 2.82. The third kappa shape index (κ3) is 2.58. The summed E-state index contributed by atoms with van der Waals surface area (Å²) in [5, 5.41) is 10.8. The molecule has 5 nitrogen and oxygen atoms in total. The molecule has 0 aliphatic carbocycles. The molecule has 1 aromatic carbocycles. The van der Waals surface area contributed by atoms with Crippen LogP contribution in [0.15, 0.2) is 60.9 Å². The second-order valence-electron chi connectivity index (χ2n) is 5.46. The van der Waals surface area contributed by atoms with Gasteiger partial charge in [-0.15, -0.1) is 0 Å². The second-order valence-corrected chi connectivity index (χ2v) is 5.89. The van der Waals surface area contributed by atoms with E-state index in [1.807, 2.05) is 40.9 Å². The number of benzene rings is 1. The molecule has 0 unspecified atom stereocenters. The number of rotatable bonds is 3. The first-order valence-electron chi connectivity index (χ1n) is 7.64. The van der Waals surface area contributed by atoms with E-state index >= 15 is 0 Å². The van der Waals surface area contributed by atoms with Crippen LogP contribution in [0.25, 0.3) is 28.3 Å². The number of nitrogens with zero attached hydrogens (tertiary/aromatic N) is 3. The van der Waals surface area contributed by atoms with Gasteiger partial charge in [-0.25, -0.2) is 4.98 Å². The number of methoxy groups -OCH3 is 1. The van der Waals surface area contributed by atoms with Crippen molar-refractivity contribution in [3.63, 3.8) is 0 Å². The van der Waals surface area contributed by atoms with Gasteiger partial charge in [-0.05, 0) is 42.5 Å². The zero-order chi connectivity index (χ0) is 17.4. The molecule has 6 heteroatoms. The van der Waals surface area contributed by atoms with Crippen LogP contribution in [0.1, 0.15) is 0 Å². The van der Waals surface area contributed by atoms with Gasteiger partial charge >= 0.3 is 0 Å². The summed E-state index contributed by atoms with van der Waals surface area (Å²) in [6, 6.07) is 14.3. The lowest BCUT2D eigenvalue weighted by Gasteiger charge is -2.04. The van der Waals surface area contributed by atoms with Crippen LogP contribution < -0.4 is 4.74 Å². The topological polar surface area (TPSA) is 59.7 Å². The molecule has 25 heavy (non-hydrogen) atoms. The van der Waals surface area contributed by atoms with Gasteiger partial charge in [0.1, 0.15) is 28.7 Å². The van der Waals surface area contributed by atoms with Crippen molar-refractivity contribution in [2.45, 2.75) is 0 Å².